The van der Waals surface area contributed by atoms with Crippen molar-refractivity contribution in [3.8, 4) is 0 Å². The molecule has 0 bridgehead atoms. The van der Waals surface area contributed by atoms with Gasteiger partial charge in [-0.15, -0.1) is 11.3 Å². The number of thiophene rings is 1. The SMILES string of the molecule is CCCC(=O)OC[N+]1(C)CCN(C2=Nc3ccccc3Nc3sc(C)cc32)CC1.[Cl-]. The lowest BCUT2D eigenvalue weighted by Gasteiger charge is -2.42. The van der Waals surface area contributed by atoms with E-state index in [1.807, 2.05) is 19.1 Å². The highest BCUT2D eigenvalue weighted by Crippen LogP contribution is 2.39. The van der Waals surface area contributed by atoms with E-state index in [0.29, 0.717) is 13.2 Å². The van der Waals surface area contributed by atoms with Crippen LogP contribution in [0.3, 0.4) is 0 Å². The summed E-state index contributed by atoms with van der Waals surface area (Å²) in [4.78, 5) is 20.5. The van der Waals surface area contributed by atoms with Crippen LogP contribution in [0.15, 0.2) is 35.3 Å². The first kappa shape index (κ1) is 22.6. The fraction of sp³-hybridized carbons (Fsp3) is 0.455. The number of carbonyl (C=O) groups is 1. The molecule has 0 radical (unpaired) electrons. The largest absolute Gasteiger partial charge is 1.00 e. The number of rotatable bonds is 4. The smallest absolute Gasteiger partial charge is 0.310 e. The fourth-order valence-corrected chi connectivity index (χ4v) is 4.70. The van der Waals surface area contributed by atoms with Crippen LogP contribution < -0.4 is 17.7 Å². The molecule has 0 spiro atoms. The van der Waals surface area contributed by atoms with Crippen molar-refractivity contribution >= 4 is 39.5 Å². The van der Waals surface area contributed by atoms with Gasteiger partial charge >= 0.3 is 5.97 Å². The molecule has 4 rings (SSSR count). The number of hydrogen-bond acceptors (Lipinski definition) is 6. The maximum absolute atomic E-state index is 11.8. The number of esters is 1. The summed E-state index contributed by atoms with van der Waals surface area (Å²) in [6, 6.07) is 10.4. The summed E-state index contributed by atoms with van der Waals surface area (Å²) in [5, 5.41) is 4.72. The fourth-order valence-electron chi connectivity index (χ4n) is 3.78. The highest BCUT2D eigenvalue weighted by Gasteiger charge is 2.33. The number of likely N-dealkylation sites (N-methyl/N-ethyl adjacent to an activating group) is 1. The number of ether oxygens (including phenoxy) is 1. The minimum atomic E-state index is -0.0940. The molecule has 0 unspecified atom stereocenters. The van der Waals surface area contributed by atoms with Crippen LogP contribution in [0.5, 0.6) is 0 Å². The lowest BCUT2D eigenvalue weighted by Crippen LogP contribution is -3.00. The molecule has 6 nitrogen and oxygen atoms in total. The average molecular weight is 449 g/mol. The number of aryl methyl sites for hydroxylation is 1. The first-order valence-electron chi connectivity index (χ1n) is 10.3. The third kappa shape index (κ3) is 4.79. The molecule has 2 aromatic rings. The third-order valence-corrected chi connectivity index (χ3v) is 6.55. The number of amidine groups is 1. The zero-order chi connectivity index (χ0) is 20.4. The van der Waals surface area contributed by atoms with Gasteiger partial charge in [0.1, 0.15) is 10.8 Å². The molecular formula is C22H29ClN4O2S. The quantitative estimate of drug-likeness (QED) is 0.565. The summed E-state index contributed by atoms with van der Waals surface area (Å²) < 4.78 is 6.26. The molecule has 0 amide bonds. The molecule has 0 atom stereocenters. The normalized spacial score (nSPS) is 16.9. The van der Waals surface area contributed by atoms with Crippen molar-refractivity contribution < 1.29 is 26.4 Å². The number of fused-ring (bicyclic) bond motifs is 2. The Morgan fingerprint density at radius 2 is 2.03 bits per heavy atom. The van der Waals surface area contributed by atoms with E-state index in [9.17, 15) is 4.79 Å². The topological polar surface area (TPSA) is 53.9 Å². The molecule has 1 saturated heterocycles. The Kier molecular flexibility index (Phi) is 7.06. The van der Waals surface area contributed by atoms with Crippen LogP contribution in [-0.2, 0) is 9.53 Å². The van der Waals surface area contributed by atoms with Gasteiger partial charge in [-0.1, -0.05) is 19.1 Å². The van der Waals surface area contributed by atoms with Gasteiger partial charge in [-0.3, -0.25) is 9.28 Å². The summed E-state index contributed by atoms with van der Waals surface area (Å²) in [5.74, 6) is 0.944. The van der Waals surface area contributed by atoms with Crippen LogP contribution in [0.2, 0.25) is 0 Å². The Labute approximate surface area is 188 Å². The van der Waals surface area contributed by atoms with Gasteiger partial charge in [0.05, 0.1) is 50.2 Å². The molecule has 1 N–H and O–H groups in total. The number of aliphatic imine (C=N–C) groups is 1. The molecule has 3 heterocycles. The number of benzene rings is 1. The van der Waals surface area contributed by atoms with E-state index >= 15 is 0 Å². The monoisotopic (exact) mass is 448 g/mol. The molecule has 0 aliphatic carbocycles. The first-order valence-corrected chi connectivity index (χ1v) is 11.1. The molecule has 8 heteroatoms. The lowest BCUT2D eigenvalue weighted by molar-refractivity contribution is -0.929. The third-order valence-electron chi connectivity index (χ3n) is 5.59. The first-order chi connectivity index (χ1) is 14.0. The Morgan fingerprint density at radius 1 is 1.30 bits per heavy atom. The Hall–Kier alpha value is -2.09. The lowest BCUT2D eigenvalue weighted by atomic mass is 10.2. The second-order valence-electron chi connectivity index (χ2n) is 8.13. The zero-order valence-electron chi connectivity index (χ0n) is 17.8. The summed E-state index contributed by atoms with van der Waals surface area (Å²) in [5.41, 5.74) is 3.19. The van der Waals surface area contributed by atoms with Gasteiger partial charge in [0.2, 0.25) is 6.73 Å². The number of para-hydroxylation sites is 2. The molecular weight excluding hydrogens is 420 g/mol. The molecule has 1 aromatic carbocycles. The number of halogens is 1. The number of piperazine rings is 1. The Morgan fingerprint density at radius 3 is 2.77 bits per heavy atom. The minimum Gasteiger partial charge on any atom is -1.00 e. The van der Waals surface area contributed by atoms with Gasteiger partial charge in [-0.05, 0) is 31.5 Å². The maximum atomic E-state index is 11.8. The summed E-state index contributed by atoms with van der Waals surface area (Å²) in [6.45, 7) is 8.20. The molecule has 2 aliphatic heterocycles. The van der Waals surface area contributed by atoms with Crippen LogP contribution in [-0.4, -0.2) is 61.1 Å². The number of nitrogens with zero attached hydrogens (tertiary/aromatic N) is 3. The van der Waals surface area contributed by atoms with Crippen LogP contribution in [0, 0.1) is 6.92 Å². The summed E-state index contributed by atoms with van der Waals surface area (Å²) in [7, 11) is 2.17. The van der Waals surface area contributed by atoms with Crippen molar-refractivity contribution in [3.05, 3.63) is 40.8 Å². The van der Waals surface area contributed by atoms with Gasteiger partial charge in [-0.2, -0.15) is 0 Å². The van der Waals surface area contributed by atoms with Crippen molar-refractivity contribution in [1.29, 1.82) is 0 Å². The van der Waals surface area contributed by atoms with Crippen molar-refractivity contribution in [2.24, 2.45) is 4.99 Å². The van der Waals surface area contributed by atoms with E-state index in [1.165, 1.54) is 10.4 Å². The molecule has 1 fully saturated rings. The van der Waals surface area contributed by atoms with Gasteiger partial charge in [0.25, 0.3) is 0 Å². The second kappa shape index (κ2) is 9.37. The van der Waals surface area contributed by atoms with Crippen molar-refractivity contribution in [1.82, 2.24) is 4.90 Å². The van der Waals surface area contributed by atoms with Crippen LogP contribution in [0.1, 0.15) is 30.2 Å². The highest BCUT2D eigenvalue weighted by molar-refractivity contribution is 7.16. The van der Waals surface area contributed by atoms with Crippen LogP contribution >= 0.6 is 11.3 Å². The van der Waals surface area contributed by atoms with Crippen molar-refractivity contribution in [3.63, 3.8) is 0 Å². The van der Waals surface area contributed by atoms with Crippen molar-refractivity contribution in [2.45, 2.75) is 26.7 Å². The molecule has 1 aromatic heterocycles. The second-order valence-corrected chi connectivity index (χ2v) is 9.38. The van der Waals surface area contributed by atoms with Gasteiger partial charge < -0.3 is 27.4 Å². The predicted molar refractivity (Wildman–Crippen MR) is 118 cm³/mol. The van der Waals surface area contributed by atoms with Gasteiger partial charge in [0.15, 0.2) is 0 Å². The van der Waals surface area contributed by atoms with Gasteiger partial charge in [0, 0.05) is 11.3 Å². The van der Waals surface area contributed by atoms with E-state index in [-0.39, 0.29) is 18.4 Å². The number of carbonyl (C=O) groups excluding carboxylic acids is 1. The van der Waals surface area contributed by atoms with Gasteiger partial charge in [-0.25, -0.2) is 4.99 Å². The molecule has 0 saturated carbocycles. The van der Waals surface area contributed by atoms with Crippen LogP contribution in [0.25, 0.3) is 0 Å². The van der Waals surface area contributed by atoms with E-state index in [2.05, 4.69) is 42.4 Å². The highest BCUT2D eigenvalue weighted by atomic mass is 35.5. The van der Waals surface area contributed by atoms with Crippen molar-refractivity contribution in [2.75, 3.05) is 45.3 Å². The summed E-state index contributed by atoms with van der Waals surface area (Å²) in [6.07, 6.45) is 1.32. The van der Waals surface area contributed by atoms with E-state index in [4.69, 9.17) is 9.73 Å². The van der Waals surface area contributed by atoms with Crippen LogP contribution in [0.4, 0.5) is 16.4 Å². The average Bonchev–Trinajstić information content (AvgIpc) is 2.99. The number of anilines is 2. The maximum Gasteiger partial charge on any atom is 0.310 e. The molecule has 30 heavy (non-hydrogen) atoms. The number of hydrogen-bond donors (Lipinski definition) is 1. The number of quaternary nitrogens is 1. The molecule has 162 valence electrons. The summed E-state index contributed by atoms with van der Waals surface area (Å²) >= 11 is 1.77. The Bertz CT molecular complexity index is 935. The minimum absolute atomic E-state index is 0. The standard InChI is InChI=1S/C22H29N4O2S.ClH/c1-4-7-20(27)28-15-26(3)12-10-25(11-13-26)21-17-14-16(2)29-22(17)24-19-9-6-5-8-18(19)23-21;/h5-6,8-9,14,24H,4,7,10-13,15H2,1-3H3;1H/q+1;/p-1. The van der Waals surface area contributed by atoms with E-state index in [1.54, 1.807) is 11.3 Å². The predicted octanol–water partition coefficient (Wildman–Crippen LogP) is 1.26. The zero-order valence-corrected chi connectivity index (χ0v) is 19.4. The molecule has 2 aliphatic rings. The van der Waals surface area contributed by atoms with E-state index in [0.717, 1.165) is 59.3 Å². The Balaban J connectivity index is 0.00000256. The number of nitrogens with one attached hydrogen (secondary N) is 1. The van der Waals surface area contributed by atoms with E-state index < -0.39 is 0 Å².